The average Bonchev–Trinajstić information content (AvgIpc) is 2.07. The van der Waals surface area contributed by atoms with Gasteiger partial charge in [-0.15, -0.1) is 0 Å². The molecule has 0 saturated heterocycles. The van der Waals surface area contributed by atoms with Gasteiger partial charge in [-0.2, -0.15) is 8.78 Å². The van der Waals surface area contributed by atoms with Crippen molar-refractivity contribution in [3.8, 4) is 0 Å². The van der Waals surface area contributed by atoms with Crippen molar-refractivity contribution < 1.29 is 13.9 Å². The van der Waals surface area contributed by atoms with Crippen LogP contribution in [0.15, 0.2) is 18.2 Å². The van der Waals surface area contributed by atoms with E-state index < -0.39 is 11.5 Å². The molecule has 0 aromatic heterocycles. The molecule has 0 radical (unpaired) electrons. The molecule has 0 atom stereocenters. The number of halogens is 3. The Kier molecular flexibility index (Phi) is 3.40. The van der Waals surface area contributed by atoms with E-state index in [0.29, 0.717) is 5.56 Å². The van der Waals surface area contributed by atoms with E-state index in [0.717, 1.165) is 17.4 Å². The highest BCUT2D eigenvalue weighted by Gasteiger charge is 2.47. The second kappa shape index (κ2) is 3.97. The number of aliphatic hydroxyl groups is 1. The van der Waals surface area contributed by atoms with Crippen LogP contribution in [-0.4, -0.2) is 10.7 Å². The van der Waals surface area contributed by atoms with Crippen molar-refractivity contribution in [3.63, 3.8) is 0 Å². The zero-order chi connectivity index (χ0) is 11.9. The Morgan fingerprint density at radius 3 is 2.27 bits per heavy atom. The largest absolute Gasteiger partial charge is 0.384 e. The molecule has 0 fully saturated rings. The van der Waals surface area contributed by atoms with Crippen molar-refractivity contribution in [3.05, 3.63) is 32.9 Å². The lowest BCUT2D eigenvalue weighted by molar-refractivity contribution is -0.168. The van der Waals surface area contributed by atoms with Gasteiger partial charge in [0, 0.05) is 9.13 Å². The Hall–Kier alpha value is -0.230. The van der Waals surface area contributed by atoms with Crippen molar-refractivity contribution in [1.29, 1.82) is 0 Å². The quantitative estimate of drug-likeness (QED) is 0.825. The number of alkyl halides is 2. The van der Waals surface area contributed by atoms with Gasteiger partial charge in [-0.25, -0.2) is 0 Å². The predicted octanol–water partition coefficient (Wildman–Crippen LogP) is 3.46. The lowest BCUT2D eigenvalue weighted by Gasteiger charge is -2.30. The summed E-state index contributed by atoms with van der Waals surface area (Å²) in [5, 5.41) is 9.46. The van der Waals surface area contributed by atoms with Crippen LogP contribution in [0.25, 0.3) is 0 Å². The van der Waals surface area contributed by atoms with E-state index in [1.807, 2.05) is 22.6 Å². The van der Waals surface area contributed by atoms with Crippen molar-refractivity contribution in [2.45, 2.75) is 32.3 Å². The molecule has 1 aromatic carbocycles. The van der Waals surface area contributed by atoms with Gasteiger partial charge in [0.15, 0.2) is 0 Å². The molecule has 0 saturated carbocycles. The number of hydrogen-bond acceptors (Lipinski definition) is 1. The maximum atomic E-state index is 13.9. The van der Waals surface area contributed by atoms with Crippen LogP contribution in [0, 0.1) is 10.5 Å². The molecule has 0 unspecified atom stereocenters. The summed E-state index contributed by atoms with van der Waals surface area (Å²) in [6.07, 6.45) is 0. The van der Waals surface area contributed by atoms with Gasteiger partial charge in [-0.05, 0) is 55.0 Å². The molecule has 1 N–H and O–H groups in total. The highest BCUT2D eigenvalue weighted by Crippen LogP contribution is 2.40. The van der Waals surface area contributed by atoms with Gasteiger partial charge in [0.1, 0.15) is 5.60 Å². The smallest absolute Gasteiger partial charge is 0.301 e. The Morgan fingerprint density at radius 2 is 1.80 bits per heavy atom. The maximum Gasteiger partial charge on any atom is 0.301 e. The molecule has 0 heterocycles. The van der Waals surface area contributed by atoms with Crippen molar-refractivity contribution in [2.24, 2.45) is 0 Å². The Balaban J connectivity index is 3.34. The summed E-state index contributed by atoms with van der Waals surface area (Å²) in [6, 6.07) is 4.69. The fourth-order valence-electron chi connectivity index (χ4n) is 1.28. The second-order valence-corrected chi connectivity index (χ2v) is 5.21. The number of benzene rings is 1. The first-order valence-corrected chi connectivity index (χ1v) is 5.61. The SMILES string of the molecule is Cc1c(I)cccc1C(F)(F)C(C)(C)O. The Bertz CT molecular complexity index is 369. The minimum absolute atomic E-state index is 0.109. The maximum absolute atomic E-state index is 13.9. The third-order valence-corrected chi connectivity index (χ3v) is 3.54. The molecule has 0 aliphatic carbocycles. The van der Waals surface area contributed by atoms with Crippen LogP contribution in [0.1, 0.15) is 25.0 Å². The molecule has 1 rings (SSSR count). The van der Waals surface area contributed by atoms with Gasteiger partial charge in [0.2, 0.25) is 0 Å². The summed E-state index contributed by atoms with van der Waals surface area (Å²) in [7, 11) is 0. The number of rotatable bonds is 2. The third kappa shape index (κ3) is 2.30. The van der Waals surface area contributed by atoms with Crippen LogP contribution < -0.4 is 0 Å². The highest BCUT2D eigenvalue weighted by atomic mass is 127. The van der Waals surface area contributed by atoms with Gasteiger partial charge in [0.05, 0.1) is 0 Å². The first kappa shape index (κ1) is 12.8. The fourth-order valence-corrected chi connectivity index (χ4v) is 1.78. The second-order valence-electron chi connectivity index (χ2n) is 4.05. The summed E-state index contributed by atoms with van der Waals surface area (Å²) in [5.41, 5.74) is -1.64. The lowest BCUT2D eigenvalue weighted by Crippen LogP contribution is -2.40. The molecule has 0 aliphatic heterocycles. The van der Waals surface area contributed by atoms with E-state index in [9.17, 15) is 13.9 Å². The molecule has 0 aliphatic rings. The van der Waals surface area contributed by atoms with E-state index in [-0.39, 0.29) is 5.56 Å². The van der Waals surface area contributed by atoms with Crippen LogP contribution in [0.4, 0.5) is 8.78 Å². The summed E-state index contributed by atoms with van der Waals surface area (Å²) >= 11 is 2.00. The van der Waals surface area contributed by atoms with Crippen LogP contribution in [-0.2, 0) is 5.92 Å². The van der Waals surface area contributed by atoms with Gasteiger partial charge in [0.25, 0.3) is 0 Å². The van der Waals surface area contributed by atoms with E-state index in [1.54, 1.807) is 19.1 Å². The number of hydrogen-bond donors (Lipinski definition) is 1. The van der Waals surface area contributed by atoms with Gasteiger partial charge in [-0.3, -0.25) is 0 Å². The normalized spacial score (nSPS) is 13.0. The molecule has 4 heteroatoms. The Labute approximate surface area is 102 Å². The van der Waals surface area contributed by atoms with Crippen LogP contribution >= 0.6 is 22.6 Å². The van der Waals surface area contributed by atoms with Crippen molar-refractivity contribution in [2.75, 3.05) is 0 Å². The third-order valence-electron chi connectivity index (χ3n) is 2.37. The molecule has 15 heavy (non-hydrogen) atoms. The Morgan fingerprint density at radius 1 is 1.27 bits per heavy atom. The van der Waals surface area contributed by atoms with Gasteiger partial charge >= 0.3 is 5.92 Å². The van der Waals surface area contributed by atoms with Gasteiger partial charge in [-0.1, -0.05) is 12.1 Å². The zero-order valence-electron chi connectivity index (χ0n) is 8.81. The lowest BCUT2D eigenvalue weighted by atomic mass is 9.91. The van der Waals surface area contributed by atoms with E-state index >= 15 is 0 Å². The molecular formula is C11H13F2IO. The van der Waals surface area contributed by atoms with E-state index in [2.05, 4.69) is 0 Å². The van der Waals surface area contributed by atoms with Crippen LogP contribution in [0.3, 0.4) is 0 Å². The van der Waals surface area contributed by atoms with E-state index in [1.165, 1.54) is 6.07 Å². The fraction of sp³-hybridized carbons (Fsp3) is 0.455. The molecule has 0 amide bonds. The minimum Gasteiger partial charge on any atom is -0.384 e. The first-order chi connectivity index (χ1) is 6.68. The first-order valence-electron chi connectivity index (χ1n) is 4.53. The topological polar surface area (TPSA) is 20.2 Å². The molecule has 0 bridgehead atoms. The van der Waals surface area contributed by atoms with Crippen molar-refractivity contribution >= 4 is 22.6 Å². The summed E-state index contributed by atoms with van der Waals surface area (Å²) < 4.78 is 28.5. The minimum atomic E-state index is -3.24. The van der Waals surface area contributed by atoms with Gasteiger partial charge < -0.3 is 5.11 Å². The summed E-state index contributed by atoms with van der Waals surface area (Å²) in [5.74, 6) is -3.24. The summed E-state index contributed by atoms with van der Waals surface area (Å²) in [6.45, 7) is 3.87. The molecular weight excluding hydrogens is 313 g/mol. The molecule has 1 nitrogen and oxygen atoms in total. The molecule has 0 spiro atoms. The predicted molar refractivity (Wildman–Crippen MR) is 64.1 cm³/mol. The van der Waals surface area contributed by atoms with Crippen LogP contribution in [0.5, 0.6) is 0 Å². The van der Waals surface area contributed by atoms with Crippen molar-refractivity contribution in [1.82, 2.24) is 0 Å². The van der Waals surface area contributed by atoms with Crippen LogP contribution in [0.2, 0.25) is 0 Å². The molecule has 84 valence electrons. The van der Waals surface area contributed by atoms with E-state index in [4.69, 9.17) is 0 Å². The standard InChI is InChI=1S/C11H13F2IO/c1-7-8(5-4-6-9(7)14)11(12,13)10(2,3)15/h4-6,15H,1-3H3. The highest BCUT2D eigenvalue weighted by molar-refractivity contribution is 14.1. The molecule has 1 aromatic rings. The average molecular weight is 326 g/mol. The zero-order valence-corrected chi connectivity index (χ0v) is 11.0. The monoisotopic (exact) mass is 326 g/mol. The summed E-state index contributed by atoms with van der Waals surface area (Å²) in [4.78, 5) is 0.